The maximum atomic E-state index is 13.7. The van der Waals surface area contributed by atoms with E-state index in [-0.39, 0.29) is 5.69 Å². The normalized spacial score (nSPS) is 11.9. The minimum absolute atomic E-state index is 0.266. The first kappa shape index (κ1) is 13.7. The summed E-state index contributed by atoms with van der Waals surface area (Å²) >= 11 is 0. The average Bonchev–Trinajstić information content (AvgIpc) is 2.24. The van der Waals surface area contributed by atoms with Gasteiger partial charge in [-0.15, -0.1) is 0 Å². The highest BCUT2D eigenvalue weighted by Gasteiger charge is 2.08. The van der Waals surface area contributed by atoms with Crippen LogP contribution in [0.15, 0.2) is 11.1 Å². The van der Waals surface area contributed by atoms with Crippen molar-refractivity contribution < 1.29 is 8.78 Å². The van der Waals surface area contributed by atoms with Gasteiger partial charge >= 0.3 is 0 Å². The van der Waals surface area contributed by atoms with E-state index in [1.165, 1.54) is 13.0 Å². The molecular weight excluding hydrogens is 222 g/mol. The number of aryl methyl sites for hydroxylation is 2. The van der Waals surface area contributed by atoms with E-state index in [9.17, 15) is 8.78 Å². The lowest BCUT2D eigenvalue weighted by Crippen LogP contribution is -1.98. The number of halogens is 2. The average molecular weight is 240 g/mol. The molecule has 0 atom stereocenters. The number of pyridine rings is 1. The Hall–Kier alpha value is -1.32. The number of nitrogens with zero attached hydrogens (tertiary/aromatic N) is 2. The Morgan fingerprint density at radius 3 is 2.71 bits per heavy atom. The van der Waals surface area contributed by atoms with Crippen LogP contribution < -0.4 is 0 Å². The van der Waals surface area contributed by atoms with E-state index >= 15 is 0 Å². The van der Waals surface area contributed by atoms with Gasteiger partial charge in [0.2, 0.25) is 0 Å². The zero-order chi connectivity index (χ0) is 12.8. The Kier molecular flexibility index (Phi) is 5.19. The summed E-state index contributed by atoms with van der Waals surface area (Å²) in [6.07, 6.45) is 3.69. The first-order chi connectivity index (χ1) is 8.04. The third-order valence-electron chi connectivity index (χ3n) is 2.50. The molecule has 0 bridgehead atoms. The predicted molar refractivity (Wildman–Crippen MR) is 66.0 cm³/mol. The Morgan fingerprint density at radius 1 is 1.41 bits per heavy atom. The van der Waals surface area contributed by atoms with Gasteiger partial charge in [-0.3, -0.25) is 4.98 Å². The highest BCUT2D eigenvalue weighted by Crippen LogP contribution is 2.21. The molecule has 0 fully saturated rings. The molecular formula is C13H18F2N2. The fourth-order valence-corrected chi connectivity index (χ4v) is 1.62. The monoisotopic (exact) mass is 240 g/mol. The second-order valence-corrected chi connectivity index (χ2v) is 4.09. The van der Waals surface area contributed by atoms with Crippen LogP contribution in [0.1, 0.15) is 44.5 Å². The number of hydrogen-bond donors (Lipinski definition) is 0. The standard InChI is InChI=1S/C13H18F2N2/c1-4-5-6-7-12-11(15)8-13(9(2)16-12)17-10(3)14/h8H,4-7H2,1-3H3. The van der Waals surface area contributed by atoms with Gasteiger partial charge in [-0.25, -0.2) is 9.38 Å². The van der Waals surface area contributed by atoms with Crippen LogP contribution in [0.4, 0.5) is 14.5 Å². The van der Waals surface area contributed by atoms with Crippen molar-refractivity contribution in [3.8, 4) is 0 Å². The van der Waals surface area contributed by atoms with E-state index in [0.717, 1.165) is 19.3 Å². The lowest BCUT2D eigenvalue weighted by molar-refractivity contribution is 0.585. The van der Waals surface area contributed by atoms with Gasteiger partial charge in [0.05, 0.1) is 17.1 Å². The number of hydrogen-bond acceptors (Lipinski definition) is 2. The zero-order valence-corrected chi connectivity index (χ0v) is 10.6. The molecule has 0 aliphatic heterocycles. The van der Waals surface area contributed by atoms with Crippen LogP contribution in [0.5, 0.6) is 0 Å². The molecule has 2 nitrogen and oxygen atoms in total. The molecule has 1 aromatic rings. The van der Waals surface area contributed by atoms with Gasteiger partial charge in [-0.2, -0.15) is 4.39 Å². The van der Waals surface area contributed by atoms with Gasteiger partial charge in [-0.1, -0.05) is 19.8 Å². The van der Waals surface area contributed by atoms with Crippen molar-refractivity contribution in [3.63, 3.8) is 0 Å². The van der Waals surface area contributed by atoms with Gasteiger partial charge in [-0.05, 0) is 19.8 Å². The molecule has 0 aromatic carbocycles. The quantitative estimate of drug-likeness (QED) is 0.557. The Bertz CT molecular complexity index is 410. The summed E-state index contributed by atoms with van der Waals surface area (Å²) in [5.74, 6) is -0.986. The fraction of sp³-hybridized carbons (Fsp3) is 0.538. The van der Waals surface area contributed by atoms with Crippen LogP contribution in [0.2, 0.25) is 0 Å². The smallest absolute Gasteiger partial charge is 0.186 e. The molecule has 0 spiro atoms. The molecule has 0 radical (unpaired) electrons. The van der Waals surface area contributed by atoms with Gasteiger partial charge in [0.25, 0.3) is 0 Å². The molecule has 0 unspecified atom stereocenters. The maximum Gasteiger partial charge on any atom is 0.186 e. The predicted octanol–water partition coefficient (Wildman–Crippen LogP) is 4.28. The molecule has 0 aliphatic rings. The van der Waals surface area contributed by atoms with Gasteiger partial charge in [0.15, 0.2) is 5.97 Å². The summed E-state index contributed by atoms with van der Waals surface area (Å²) in [6.45, 7) is 5.04. The second-order valence-electron chi connectivity index (χ2n) is 4.09. The highest BCUT2D eigenvalue weighted by molar-refractivity contribution is 5.75. The summed E-state index contributed by atoms with van der Waals surface area (Å²) in [4.78, 5) is 7.75. The minimum atomic E-state index is -0.590. The van der Waals surface area contributed by atoms with Crippen LogP contribution in [0.3, 0.4) is 0 Å². The molecule has 0 saturated carbocycles. The lowest BCUT2D eigenvalue weighted by Gasteiger charge is -2.06. The summed E-state index contributed by atoms with van der Waals surface area (Å²) in [6, 6.07) is 1.26. The molecule has 0 aliphatic carbocycles. The molecule has 94 valence electrons. The highest BCUT2D eigenvalue weighted by atomic mass is 19.1. The van der Waals surface area contributed by atoms with Gasteiger partial charge < -0.3 is 0 Å². The lowest BCUT2D eigenvalue weighted by atomic mass is 10.1. The van der Waals surface area contributed by atoms with E-state index in [4.69, 9.17) is 0 Å². The van der Waals surface area contributed by atoms with Crippen molar-refractivity contribution in [3.05, 3.63) is 23.3 Å². The topological polar surface area (TPSA) is 25.2 Å². The van der Waals surface area contributed by atoms with Crippen LogP contribution >= 0.6 is 0 Å². The molecule has 4 heteroatoms. The molecule has 1 aromatic heterocycles. The van der Waals surface area contributed by atoms with E-state index in [1.54, 1.807) is 6.92 Å². The Labute approximate surface area is 101 Å². The van der Waals surface area contributed by atoms with Crippen molar-refractivity contribution in [2.45, 2.75) is 46.5 Å². The van der Waals surface area contributed by atoms with Crippen LogP contribution in [-0.2, 0) is 6.42 Å². The van der Waals surface area contributed by atoms with Crippen molar-refractivity contribution in [1.29, 1.82) is 0 Å². The van der Waals surface area contributed by atoms with Crippen LogP contribution in [-0.4, -0.2) is 10.9 Å². The number of unbranched alkanes of at least 4 members (excludes halogenated alkanes) is 2. The SMILES string of the molecule is CCCCCc1nc(C)c(N=C(C)F)cc1F. The largest absolute Gasteiger partial charge is 0.253 e. The fourth-order valence-electron chi connectivity index (χ4n) is 1.62. The van der Waals surface area contributed by atoms with Gasteiger partial charge in [0.1, 0.15) is 5.82 Å². The molecule has 17 heavy (non-hydrogen) atoms. The van der Waals surface area contributed by atoms with Crippen LogP contribution in [0, 0.1) is 12.7 Å². The zero-order valence-electron chi connectivity index (χ0n) is 10.6. The number of rotatable bonds is 5. The second kappa shape index (κ2) is 6.42. The third-order valence-corrected chi connectivity index (χ3v) is 2.50. The van der Waals surface area contributed by atoms with Crippen molar-refractivity contribution in [1.82, 2.24) is 4.98 Å². The molecule has 1 heterocycles. The summed E-state index contributed by atoms with van der Waals surface area (Å²) in [5.41, 5.74) is 1.28. The van der Waals surface area contributed by atoms with E-state index in [0.29, 0.717) is 17.8 Å². The first-order valence-corrected chi connectivity index (χ1v) is 5.91. The van der Waals surface area contributed by atoms with Crippen molar-refractivity contribution in [2.75, 3.05) is 0 Å². The van der Waals surface area contributed by atoms with Crippen molar-refractivity contribution in [2.24, 2.45) is 4.99 Å². The molecule has 0 saturated heterocycles. The molecule has 1 rings (SSSR count). The first-order valence-electron chi connectivity index (χ1n) is 5.91. The summed E-state index contributed by atoms with van der Waals surface area (Å²) in [7, 11) is 0. The maximum absolute atomic E-state index is 13.7. The van der Waals surface area contributed by atoms with E-state index < -0.39 is 11.8 Å². The Morgan fingerprint density at radius 2 is 2.12 bits per heavy atom. The molecule has 0 N–H and O–H groups in total. The van der Waals surface area contributed by atoms with E-state index in [2.05, 4.69) is 16.9 Å². The van der Waals surface area contributed by atoms with Crippen LogP contribution in [0.25, 0.3) is 0 Å². The molecule has 0 amide bonds. The third kappa shape index (κ3) is 4.21. The minimum Gasteiger partial charge on any atom is -0.253 e. The van der Waals surface area contributed by atoms with E-state index in [1.807, 2.05) is 0 Å². The number of aromatic nitrogens is 1. The van der Waals surface area contributed by atoms with Gasteiger partial charge in [0, 0.05) is 13.0 Å². The Balaban J connectivity index is 2.89. The summed E-state index contributed by atoms with van der Waals surface area (Å²) < 4.78 is 26.3. The summed E-state index contributed by atoms with van der Waals surface area (Å²) in [5, 5.41) is 0. The van der Waals surface area contributed by atoms with Crippen molar-refractivity contribution >= 4 is 11.7 Å². The number of aliphatic imine (C=N–C) groups is 1.